The predicted octanol–water partition coefficient (Wildman–Crippen LogP) is 8.09. The number of hydrogen-bond donors (Lipinski definition) is 1. The highest BCUT2D eigenvalue weighted by Gasteiger charge is 2.15. The van der Waals surface area contributed by atoms with Crippen LogP contribution in [-0.4, -0.2) is 4.98 Å². The molecule has 0 fully saturated rings. The summed E-state index contributed by atoms with van der Waals surface area (Å²) in [6.07, 6.45) is 2.16. The summed E-state index contributed by atoms with van der Waals surface area (Å²) in [5, 5.41) is 4.97. The molecule has 0 atom stereocenters. The van der Waals surface area contributed by atoms with E-state index in [0.717, 1.165) is 27.9 Å². The van der Waals surface area contributed by atoms with E-state index in [4.69, 9.17) is 4.98 Å². The second-order valence-electron chi connectivity index (χ2n) is 8.60. The van der Waals surface area contributed by atoms with Gasteiger partial charge < -0.3 is 5.32 Å². The average Bonchev–Trinajstić information content (AvgIpc) is 2.79. The van der Waals surface area contributed by atoms with Gasteiger partial charge in [0.15, 0.2) is 0 Å². The lowest BCUT2D eigenvalue weighted by Gasteiger charge is -2.22. The quantitative estimate of drug-likeness (QED) is 0.350. The molecule has 0 amide bonds. The van der Waals surface area contributed by atoms with Crippen molar-refractivity contribution in [1.82, 2.24) is 4.98 Å². The van der Waals surface area contributed by atoms with E-state index in [1.54, 1.807) is 0 Å². The van der Waals surface area contributed by atoms with Crippen LogP contribution in [0.15, 0.2) is 84.9 Å². The fourth-order valence-electron chi connectivity index (χ4n) is 3.95. The Balaban J connectivity index is 1.85. The van der Waals surface area contributed by atoms with Gasteiger partial charge >= 0.3 is 0 Å². The molecule has 156 valence electrons. The van der Waals surface area contributed by atoms with Gasteiger partial charge in [0.25, 0.3) is 0 Å². The molecule has 0 saturated heterocycles. The first-order valence-corrected chi connectivity index (χ1v) is 11.1. The summed E-state index contributed by atoms with van der Waals surface area (Å²) in [5.41, 5.74) is 8.03. The van der Waals surface area contributed by atoms with Crippen LogP contribution in [0.1, 0.15) is 61.9 Å². The van der Waals surface area contributed by atoms with Gasteiger partial charge in [-0.15, -0.1) is 0 Å². The van der Waals surface area contributed by atoms with Gasteiger partial charge in [0.05, 0.1) is 11.2 Å². The predicted molar refractivity (Wildman–Crippen MR) is 134 cm³/mol. The standard InChI is InChI=1S/C29H30N2/c1-20(2)25-14-10-15-26(21(3)4)29(25)31-28(22-11-6-5-7-12-22)19-24-18-17-23-13-8-9-16-27(23)30-24/h5-21,31H,1-4H3/b28-19+. The first-order chi connectivity index (χ1) is 15.0. The summed E-state index contributed by atoms with van der Waals surface area (Å²) < 4.78 is 0. The van der Waals surface area contributed by atoms with Crippen molar-refractivity contribution in [2.75, 3.05) is 5.32 Å². The molecule has 0 unspecified atom stereocenters. The number of fused-ring (bicyclic) bond motifs is 1. The summed E-state index contributed by atoms with van der Waals surface area (Å²) >= 11 is 0. The van der Waals surface area contributed by atoms with Crippen LogP contribution in [0, 0.1) is 0 Å². The van der Waals surface area contributed by atoms with Crippen molar-refractivity contribution in [3.8, 4) is 0 Å². The summed E-state index contributed by atoms with van der Waals surface area (Å²) in [5.74, 6) is 0.856. The van der Waals surface area contributed by atoms with Crippen molar-refractivity contribution in [2.24, 2.45) is 0 Å². The molecule has 3 aromatic carbocycles. The molecule has 4 rings (SSSR count). The van der Waals surface area contributed by atoms with Crippen molar-refractivity contribution < 1.29 is 0 Å². The molecule has 31 heavy (non-hydrogen) atoms. The number of hydrogen-bond acceptors (Lipinski definition) is 2. The van der Waals surface area contributed by atoms with Gasteiger partial charge in [-0.1, -0.05) is 100 Å². The maximum absolute atomic E-state index is 4.88. The Morgan fingerprint density at radius 2 is 1.35 bits per heavy atom. The monoisotopic (exact) mass is 406 g/mol. The van der Waals surface area contributed by atoms with Crippen molar-refractivity contribution in [1.29, 1.82) is 0 Å². The Morgan fingerprint density at radius 1 is 0.710 bits per heavy atom. The average molecular weight is 407 g/mol. The highest BCUT2D eigenvalue weighted by molar-refractivity contribution is 5.90. The van der Waals surface area contributed by atoms with Gasteiger partial charge in [0.2, 0.25) is 0 Å². The van der Waals surface area contributed by atoms with Crippen LogP contribution in [-0.2, 0) is 0 Å². The molecule has 0 aliphatic rings. The van der Waals surface area contributed by atoms with Crippen molar-refractivity contribution in [3.05, 3.63) is 107 Å². The van der Waals surface area contributed by atoms with Crippen molar-refractivity contribution in [2.45, 2.75) is 39.5 Å². The zero-order valence-electron chi connectivity index (χ0n) is 18.8. The minimum absolute atomic E-state index is 0.428. The molecule has 2 nitrogen and oxygen atoms in total. The number of nitrogens with zero attached hydrogens (tertiary/aromatic N) is 1. The Bertz CT molecular complexity index is 1180. The summed E-state index contributed by atoms with van der Waals surface area (Å²) in [7, 11) is 0. The van der Waals surface area contributed by atoms with Gasteiger partial charge in [-0.25, -0.2) is 4.98 Å². The highest BCUT2D eigenvalue weighted by atomic mass is 14.9. The lowest BCUT2D eigenvalue weighted by Crippen LogP contribution is -2.07. The summed E-state index contributed by atoms with van der Waals surface area (Å²) in [6.45, 7) is 9.01. The molecule has 1 aromatic heterocycles. The third kappa shape index (κ3) is 4.69. The third-order valence-electron chi connectivity index (χ3n) is 5.63. The molecule has 0 aliphatic heterocycles. The van der Waals surface area contributed by atoms with Crippen LogP contribution in [0.4, 0.5) is 5.69 Å². The Labute approximate surface area is 185 Å². The van der Waals surface area contributed by atoms with E-state index >= 15 is 0 Å². The number of nitrogens with one attached hydrogen (secondary N) is 1. The molecule has 0 aliphatic carbocycles. The fourth-order valence-corrected chi connectivity index (χ4v) is 3.95. The van der Waals surface area contributed by atoms with Crippen LogP contribution < -0.4 is 5.32 Å². The van der Waals surface area contributed by atoms with Crippen LogP contribution in [0.3, 0.4) is 0 Å². The van der Waals surface area contributed by atoms with Crippen LogP contribution >= 0.6 is 0 Å². The van der Waals surface area contributed by atoms with E-state index < -0.39 is 0 Å². The maximum Gasteiger partial charge on any atom is 0.0709 e. The topological polar surface area (TPSA) is 24.9 Å². The first kappa shape index (κ1) is 20.9. The number of benzene rings is 3. The molecule has 0 radical (unpaired) electrons. The summed E-state index contributed by atoms with van der Waals surface area (Å²) in [4.78, 5) is 4.88. The Morgan fingerprint density at radius 3 is 2.03 bits per heavy atom. The highest BCUT2D eigenvalue weighted by Crippen LogP contribution is 2.35. The summed E-state index contributed by atoms with van der Waals surface area (Å²) in [6, 6.07) is 29.6. The lowest BCUT2D eigenvalue weighted by molar-refractivity contribution is 0.838. The van der Waals surface area contributed by atoms with E-state index in [9.17, 15) is 0 Å². The number of rotatable bonds is 6. The number of anilines is 1. The lowest BCUT2D eigenvalue weighted by atomic mass is 9.92. The van der Waals surface area contributed by atoms with Crippen molar-refractivity contribution in [3.63, 3.8) is 0 Å². The minimum atomic E-state index is 0.428. The molecule has 0 saturated carbocycles. The van der Waals surface area contributed by atoms with Crippen LogP contribution in [0.2, 0.25) is 0 Å². The largest absolute Gasteiger partial charge is 0.355 e. The zero-order valence-corrected chi connectivity index (χ0v) is 18.8. The van der Waals surface area contributed by atoms with Gasteiger partial charge in [-0.2, -0.15) is 0 Å². The van der Waals surface area contributed by atoms with E-state index in [0.29, 0.717) is 11.8 Å². The smallest absolute Gasteiger partial charge is 0.0709 e. The number of pyridine rings is 1. The SMILES string of the molecule is CC(C)c1cccc(C(C)C)c1N/C(=C/c1ccc2ccccc2n1)c1ccccc1. The van der Waals surface area contributed by atoms with Gasteiger partial charge in [0, 0.05) is 16.8 Å². The van der Waals surface area contributed by atoms with Gasteiger partial charge in [0.1, 0.15) is 0 Å². The molecule has 0 spiro atoms. The third-order valence-corrected chi connectivity index (χ3v) is 5.63. The normalized spacial score (nSPS) is 12.0. The fraction of sp³-hybridized carbons (Fsp3) is 0.207. The Kier molecular flexibility index (Phi) is 6.18. The maximum atomic E-state index is 4.88. The van der Waals surface area contributed by atoms with E-state index in [-0.39, 0.29) is 0 Å². The number of para-hydroxylation sites is 2. The Hall–Kier alpha value is -3.39. The zero-order chi connectivity index (χ0) is 21.8. The van der Waals surface area contributed by atoms with E-state index in [1.807, 2.05) is 12.1 Å². The molecule has 4 aromatic rings. The van der Waals surface area contributed by atoms with Gasteiger partial charge in [-0.3, -0.25) is 0 Å². The number of aromatic nitrogens is 1. The second-order valence-corrected chi connectivity index (χ2v) is 8.60. The molecule has 1 heterocycles. The van der Waals surface area contributed by atoms with Crippen molar-refractivity contribution >= 4 is 28.4 Å². The molecular formula is C29H30N2. The molecule has 0 bridgehead atoms. The molecule has 1 N–H and O–H groups in total. The van der Waals surface area contributed by atoms with E-state index in [2.05, 4.69) is 112 Å². The minimum Gasteiger partial charge on any atom is -0.355 e. The molecular weight excluding hydrogens is 376 g/mol. The van der Waals surface area contributed by atoms with E-state index in [1.165, 1.54) is 16.8 Å². The van der Waals surface area contributed by atoms with Crippen LogP contribution in [0.25, 0.3) is 22.7 Å². The van der Waals surface area contributed by atoms with Gasteiger partial charge in [-0.05, 0) is 46.7 Å². The second kappa shape index (κ2) is 9.18. The molecule has 2 heteroatoms. The van der Waals surface area contributed by atoms with Crippen LogP contribution in [0.5, 0.6) is 0 Å². The first-order valence-electron chi connectivity index (χ1n) is 11.1.